The summed E-state index contributed by atoms with van der Waals surface area (Å²) in [7, 11) is 0. The van der Waals surface area contributed by atoms with Crippen molar-refractivity contribution in [3.63, 3.8) is 0 Å². The lowest BCUT2D eigenvalue weighted by molar-refractivity contribution is -0.121. The molecule has 2 aromatic carbocycles. The molecule has 8 heteroatoms. The molecule has 2 heterocycles. The van der Waals surface area contributed by atoms with Gasteiger partial charge in [0.25, 0.3) is 0 Å². The van der Waals surface area contributed by atoms with E-state index in [-0.39, 0.29) is 40.0 Å². The lowest BCUT2D eigenvalue weighted by atomic mass is 9.92. The van der Waals surface area contributed by atoms with E-state index in [2.05, 4.69) is 42.0 Å². The highest BCUT2D eigenvalue weighted by Gasteiger charge is 2.51. The molecule has 2 aliphatic rings. The van der Waals surface area contributed by atoms with Crippen LogP contribution in [-0.2, 0) is 27.0 Å². The third-order valence-corrected chi connectivity index (χ3v) is 7.26. The molecule has 1 aliphatic heterocycles. The van der Waals surface area contributed by atoms with Crippen LogP contribution in [0.4, 0.5) is 5.69 Å². The number of aryl methyl sites for hydroxylation is 1. The van der Waals surface area contributed by atoms with Crippen molar-refractivity contribution >= 4 is 28.4 Å². The third-order valence-electron chi connectivity index (χ3n) is 7.26. The second-order valence-electron chi connectivity index (χ2n) is 11.0. The first-order valence-electron chi connectivity index (χ1n) is 12.9. The van der Waals surface area contributed by atoms with Gasteiger partial charge in [-0.3, -0.25) is 9.59 Å². The Bertz CT molecular complexity index is 1340. The van der Waals surface area contributed by atoms with Crippen LogP contribution in [0.3, 0.4) is 0 Å². The third kappa shape index (κ3) is 5.03. The van der Waals surface area contributed by atoms with Crippen LogP contribution in [-0.4, -0.2) is 41.4 Å². The van der Waals surface area contributed by atoms with Crippen molar-refractivity contribution in [2.75, 3.05) is 25.3 Å². The maximum absolute atomic E-state index is 13.4. The number of carbonyl (C=O) groups excluding carboxylic acids is 2. The van der Waals surface area contributed by atoms with Crippen LogP contribution in [0.5, 0.6) is 11.5 Å². The SMILES string of the molecule is CC(C)(C)c1cc2cc(NC(=O)C3(c4ccc5c(c4)OCO5)CC3)ccc2n1CCCC(=O)NCCO.[HH].[HH]. The van der Waals surface area contributed by atoms with E-state index in [1.54, 1.807) is 0 Å². The van der Waals surface area contributed by atoms with Crippen molar-refractivity contribution in [3.05, 3.63) is 53.7 Å². The fourth-order valence-electron chi connectivity index (χ4n) is 5.11. The average molecular weight is 510 g/mol. The van der Waals surface area contributed by atoms with E-state index >= 15 is 0 Å². The van der Waals surface area contributed by atoms with E-state index < -0.39 is 5.41 Å². The van der Waals surface area contributed by atoms with Gasteiger partial charge in [0.2, 0.25) is 18.6 Å². The van der Waals surface area contributed by atoms with E-state index in [4.69, 9.17) is 14.6 Å². The molecule has 0 radical (unpaired) electrons. The quantitative estimate of drug-likeness (QED) is 0.388. The fourth-order valence-corrected chi connectivity index (χ4v) is 5.11. The molecule has 0 spiro atoms. The van der Waals surface area contributed by atoms with Gasteiger partial charge in [0.05, 0.1) is 12.0 Å². The van der Waals surface area contributed by atoms with Crippen LogP contribution in [0.25, 0.3) is 10.9 Å². The minimum absolute atomic E-state index is 0. The molecule has 0 bridgehead atoms. The number of anilines is 1. The number of hydrogen-bond donors (Lipinski definition) is 3. The molecule has 3 N–H and O–H groups in total. The summed E-state index contributed by atoms with van der Waals surface area (Å²) in [6.45, 7) is 7.68. The molecule has 8 nitrogen and oxygen atoms in total. The zero-order valence-corrected chi connectivity index (χ0v) is 21.7. The van der Waals surface area contributed by atoms with Gasteiger partial charge in [0, 0.05) is 50.1 Å². The monoisotopic (exact) mass is 509 g/mol. The topological polar surface area (TPSA) is 102 Å². The number of aliphatic hydroxyl groups is 1. The van der Waals surface area contributed by atoms with E-state index in [1.165, 1.54) is 5.69 Å². The van der Waals surface area contributed by atoms with Gasteiger partial charge in [-0.2, -0.15) is 0 Å². The van der Waals surface area contributed by atoms with Gasteiger partial charge in [0.1, 0.15) is 0 Å². The number of ether oxygens (including phenoxy) is 2. The minimum atomic E-state index is -0.533. The maximum atomic E-state index is 13.4. The largest absolute Gasteiger partial charge is 0.454 e. The predicted molar refractivity (Wildman–Crippen MR) is 146 cm³/mol. The summed E-state index contributed by atoms with van der Waals surface area (Å²) < 4.78 is 13.2. The Morgan fingerprint density at radius 2 is 1.86 bits per heavy atom. The lowest BCUT2D eigenvalue weighted by Gasteiger charge is -2.22. The van der Waals surface area contributed by atoms with Gasteiger partial charge in [-0.05, 0) is 61.2 Å². The van der Waals surface area contributed by atoms with E-state index in [0.717, 1.165) is 40.7 Å². The number of aliphatic hydroxyl groups excluding tert-OH is 1. The Hall–Kier alpha value is -3.52. The summed E-state index contributed by atoms with van der Waals surface area (Å²) in [5, 5.41) is 15.8. The lowest BCUT2D eigenvalue weighted by Crippen LogP contribution is -2.27. The van der Waals surface area contributed by atoms with Gasteiger partial charge >= 0.3 is 0 Å². The van der Waals surface area contributed by atoms with Crippen molar-refractivity contribution < 1.29 is 27.0 Å². The van der Waals surface area contributed by atoms with Crippen molar-refractivity contribution in [2.24, 2.45) is 0 Å². The van der Waals surface area contributed by atoms with Crippen molar-refractivity contribution in [3.8, 4) is 11.5 Å². The highest BCUT2D eigenvalue weighted by molar-refractivity contribution is 6.02. The standard InChI is InChI=1S/C29H35N3O5.2H2/c1-28(2,3)25-16-19-15-21(7-8-22(19)32(25)13-4-5-26(34)30-12-14-33)31-27(35)29(10-11-29)20-6-9-23-24(17-20)37-18-36-23;;/h6-9,15-17,33H,4-5,10-14,18H2,1-3H3,(H,30,34)(H,31,35);2*1H. The van der Waals surface area contributed by atoms with Gasteiger partial charge in [-0.15, -0.1) is 0 Å². The average Bonchev–Trinajstić information content (AvgIpc) is 3.40. The number of carbonyl (C=O) groups is 2. The molecule has 0 atom stereocenters. The molecule has 0 unspecified atom stereocenters. The molecule has 1 saturated carbocycles. The summed E-state index contributed by atoms with van der Waals surface area (Å²) >= 11 is 0. The fraction of sp³-hybridized carbons (Fsp3) is 0.448. The Balaban J connectivity index is 0.00000210. The van der Waals surface area contributed by atoms with E-state index in [9.17, 15) is 9.59 Å². The van der Waals surface area contributed by atoms with Crippen LogP contribution in [0.1, 0.15) is 60.6 Å². The first-order valence-corrected chi connectivity index (χ1v) is 12.9. The molecule has 0 saturated heterocycles. The molecule has 3 aromatic rings. The summed E-state index contributed by atoms with van der Waals surface area (Å²) in [5.74, 6) is 1.36. The molecule has 200 valence electrons. The van der Waals surface area contributed by atoms with Gasteiger partial charge in [-0.1, -0.05) is 26.8 Å². The first-order chi connectivity index (χ1) is 17.7. The summed E-state index contributed by atoms with van der Waals surface area (Å²) in [6.07, 6.45) is 2.70. The van der Waals surface area contributed by atoms with Crippen LogP contribution in [0.15, 0.2) is 42.5 Å². The van der Waals surface area contributed by atoms with Gasteiger partial charge < -0.3 is 29.8 Å². The highest BCUT2D eigenvalue weighted by Crippen LogP contribution is 2.51. The number of hydrogen-bond acceptors (Lipinski definition) is 5. The summed E-state index contributed by atoms with van der Waals surface area (Å²) in [5.41, 5.74) is 3.37. The second-order valence-corrected chi connectivity index (χ2v) is 11.0. The number of rotatable bonds is 9. The zero-order chi connectivity index (χ0) is 26.2. The Morgan fingerprint density at radius 3 is 2.59 bits per heavy atom. The summed E-state index contributed by atoms with van der Waals surface area (Å²) in [4.78, 5) is 25.4. The van der Waals surface area contributed by atoms with E-state index in [0.29, 0.717) is 25.1 Å². The Kier molecular flexibility index (Phi) is 6.62. The molecule has 2 amide bonds. The number of benzene rings is 2. The van der Waals surface area contributed by atoms with Crippen LogP contribution >= 0.6 is 0 Å². The van der Waals surface area contributed by atoms with Crippen molar-refractivity contribution in [1.29, 1.82) is 0 Å². The minimum Gasteiger partial charge on any atom is -0.454 e. The summed E-state index contributed by atoms with van der Waals surface area (Å²) in [6, 6.07) is 14.0. The molecule has 1 aromatic heterocycles. The normalized spacial score (nSPS) is 15.6. The molecular weight excluding hydrogens is 470 g/mol. The number of amides is 2. The maximum Gasteiger partial charge on any atom is 0.235 e. The molecule has 5 rings (SSSR count). The zero-order valence-electron chi connectivity index (χ0n) is 21.7. The van der Waals surface area contributed by atoms with E-state index in [1.807, 2.05) is 36.4 Å². The Labute approximate surface area is 219 Å². The van der Waals surface area contributed by atoms with Gasteiger partial charge in [0.15, 0.2) is 11.5 Å². The van der Waals surface area contributed by atoms with Crippen molar-refractivity contribution in [2.45, 2.75) is 63.8 Å². The van der Waals surface area contributed by atoms with Crippen LogP contribution in [0, 0.1) is 0 Å². The number of aromatic nitrogens is 1. The second kappa shape index (κ2) is 9.74. The molecule has 1 aliphatic carbocycles. The van der Waals surface area contributed by atoms with Crippen LogP contribution < -0.4 is 20.1 Å². The number of nitrogens with zero attached hydrogens (tertiary/aromatic N) is 1. The smallest absolute Gasteiger partial charge is 0.235 e. The predicted octanol–water partition coefficient (Wildman–Crippen LogP) is 4.72. The van der Waals surface area contributed by atoms with Crippen LogP contribution in [0.2, 0.25) is 0 Å². The van der Waals surface area contributed by atoms with Gasteiger partial charge in [-0.25, -0.2) is 0 Å². The highest BCUT2D eigenvalue weighted by atomic mass is 16.7. The molecule has 37 heavy (non-hydrogen) atoms. The molecule has 1 fully saturated rings. The number of fused-ring (bicyclic) bond motifs is 2. The first kappa shape index (κ1) is 25.1. The Morgan fingerprint density at radius 1 is 1.08 bits per heavy atom. The van der Waals surface area contributed by atoms with Crippen molar-refractivity contribution in [1.82, 2.24) is 9.88 Å². The molecular formula is C29H39N3O5. The number of nitrogens with one attached hydrogen (secondary N) is 2.